The summed E-state index contributed by atoms with van der Waals surface area (Å²) in [6.45, 7) is 5.61. The van der Waals surface area contributed by atoms with E-state index >= 15 is 0 Å². The zero-order valence-corrected chi connectivity index (χ0v) is 14.6. The number of carbonyl (C=O) groups is 1. The van der Waals surface area contributed by atoms with Crippen LogP contribution in [0.4, 0.5) is 5.69 Å². The number of rotatable bonds is 5. The standard InChI is InChI=1S/C13H20BrN3O3S/c1-13(2,3)17-12(18)6-7-16-21(19,20)9-4-5-10(14)11(15)8-9/h4-5,8,16H,6-7,15H2,1-3H3,(H,17,18). The minimum atomic E-state index is -3.67. The molecule has 0 saturated carbocycles. The van der Waals surface area contributed by atoms with Gasteiger partial charge in [-0.25, -0.2) is 13.1 Å². The number of halogens is 1. The van der Waals surface area contributed by atoms with Crippen LogP contribution in [-0.4, -0.2) is 26.4 Å². The molecular weight excluding hydrogens is 358 g/mol. The Labute approximate surface area is 133 Å². The molecular formula is C13H20BrN3O3S. The van der Waals surface area contributed by atoms with Gasteiger partial charge in [-0.1, -0.05) is 0 Å². The second kappa shape index (κ2) is 6.76. The lowest BCUT2D eigenvalue weighted by molar-refractivity contribution is -0.122. The third-order valence-corrected chi connectivity index (χ3v) is 4.62. The van der Waals surface area contributed by atoms with Crippen LogP contribution in [0.1, 0.15) is 27.2 Å². The molecule has 0 saturated heterocycles. The number of nitrogens with one attached hydrogen (secondary N) is 2. The topological polar surface area (TPSA) is 101 Å². The Morgan fingerprint density at radius 1 is 1.33 bits per heavy atom. The van der Waals surface area contributed by atoms with Crippen molar-refractivity contribution >= 4 is 37.5 Å². The first-order valence-corrected chi connectivity index (χ1v) is 8.64. The van der Waals surface area contributed by atoms with Crippen LogP contribution in [0.25, 0.3) is 0 Å². The lowest BCUT2D eigenvalue weighted by Gasteiger charge is -2.20. The highest BCUT2D eigenvalue weighted by Gasteiger charge is 2.17. The van der Waals surface area contributed by atoms with Gasteiger partial charge in [-0.3, -0.25) is 4.79 Å². The Morgan fingerprint density at radius 3 is 2.48 bits per heavy atom. The minimum Gasteiger partial charge on any atom is -0.398 e. The van der Waals surface area contributed by atoms with E-state index < -0.39 is 10.0 Å². The summed E-state index contributed by atoms with van der Waals surface area (Å²) in [6.07, 6.45) is 0.0719. The Bertz CT molecular complexity index is 624. The summed E-state index contributed by atoms with van der Waals surface area (Å²) in [5.74, 6) is -0.208. The van der Waals surface area contributed by atoms with E-state index in [1.54, 1.807) is 6.07 Å². The first-order chi connectivity index (χ1) is 9.51. The smallest absolute Gasteiger partial charge is 0.240 e. The quantitative estimate of drug-likeness (QED) is 0.678. The van der Waals surface area contributed by atoms with Gasteiger partial charge in [0.25, 0.3) is 0 Å². The molecule has 1 amide bonds. The van der Waals surface area contributed by atoms with Crippen molar-refractivity contribution in [1.82, 2.24) is 10.0 Å². The zero-order valence-electron chi connectivity index (χ0n) is 12.2. The summed E-state index contributed by atoms with van der Waals surface area (Å²) >= 11 is 3.20. The molecule has 1 aromatic rings. The number of hydrogen-bond donors (Lipinski definition) is 3. The van der Waals surface area contributed by atoms with E-state index in [2.05, 4.69) is 26.0 Å². The van der Waals surface area contributed by atoms with Gasteiger partial charge in [0.1, 0.15) is 0 Å². The fraction of sp³-hybridized carbons (Fsp3) is 0.462. The maximum Gasteiger partial charge on any atom is 0.240 e. The second-order valence-corrected chi connectivity index (χ2v) is 8.25. The van der Waals surface area contributed by atoms with Crippen molar-refractivity contribution in [2.75, 3.05) is 12.3 Å². The van der Waals surface area contributed by atoms with Crippen LogP contribution in [0.5, 0.6) is 0 Å². The van der Waals surface area contributed by atoms with Crippen molar-refractivity contribution in [3.63, 3.8) is 0 Å². The van der Waals surface area contributed by atoms with Crippen molar-refractivity contribution in [3.8, 4) is 0 Å². The van der Waals surface area contributed by atoms with Crippen molar-refractivity contribution in [1.29, 1.82) is 0 Å². The molecule has 0 unspecified atom stereocenters. The summed E-state index contributed by atoms with van der Waals surface area (Å²) in [5.41, 5.74) is 5.66. The van der Waals surface area contributed by atoms with Crippen LogP contribution < -0.4 is 15.8 Å². The molecule has 0 atom stereocenters. The average molecular weight is 378 g/mol. The van der Waals surface area contributed by atoms with Crippen LogP contribution >= 0.6 is 15.9 Å². The number of carbonyl (C=O) groups excluding carboxylic acids is 1. The zero-order chi connectivity index (χ0) is 16.3. The normalized spacial score (nSPS) is 12.2. The number of sulfonamides is 1. The van der Waals surface area contributed by atoms with E-state index in [0.717, 1.165) is 0 Å². The third-order valence-electron chi connectivity index (χ3n) is 2.44. The molecule has 8 heteroatoms. The lowest BCUT2D eigenvalue weighted by Crippen LogP contribution is -2.41. The van der Waals surface area contributed by atoms with E-state index in [0.29, 0.717) is 10.2 Å². The van der Waals surface area contributed by atoms with E-state index in [1.807, 2.05) is 20.8 Å². The highest BCUT2D eigenvalue weighted by Crippen LogP contribution is 2.22. The van der Waals surface area contributed by atoms with E-state index in [4.69, 9.17) is 5.73 Å². The van der Waals surface area contributed by atoms with Crippen molar-refractivity contribution in [2.45, 2.75) is 37.6 Å². The molecule has 0 bridgehead atoms. The van der Waals surface area contributed by atoms with Gasteiger partial charge in [0, 0.05) is 28.7 Å². The molecule has 1 aromatic carbocycles. The average Bonchev–Trinajstić information content (AvgIpc) is 2.29. The number of hydrogen-bond acceptors (Lipinski definition) is 4. The first kappa shape index (κ1) is 17.9. The van der Waals surface area contributed by atoms with Crippen LogP contribution in [0.2, 0.25) is 0 Å². The third kappa shape index (κ3) is 6.03. The summed E-state index contributed by atoms with van der Waals surface area (Å²) in [5, 5.41) is 2.76. The highest BCUT2D eigenvalue weighted by atomic mass is 79.9. The summed E-state index contributed by atoms with van der Waals surface area (Å²) in [6, 6.07) is 4.37. The van der Waals surface area contributed by atoms with Gasteiger partial charge in [-0.15, -0.1) is 0 Å². The van der Waals surface area contributed by atoms with Gasteiger partial charge in [0.15, 0.2) is 0 Å². The van der Waals surface area contributed by atoms with Crippen LogP contribution in [0.15, 0.2) is 27.6 Å². The SMILES string of the molecule is CC(C)(C)NC(=O)CCNS(=O)(=O)c1ccc(Br)c(N)c1. The maximum atomic E-state index is 12.0. The summed E-state index contributed by atoms with van der Waals surface area (Å²) in [7, 11) is -3.67. The van der Waals surface area contributed by atoms with Crippen molar-refractivity contribution in [2.24, 2.45) is 0 Å². The summed E-state index contributed by atoms with van der Waals surface area (Å²) < 4.78 is 27.1. The molecule has 21 heavy (non-hydrogen) atoms. The fourth-order valence-electron chi connectivity index (χ4n) is 1.55. The predicted molar refractivity (Wildman–Crippen MR) is 86.3 cm³/mol. The number of nitrogens with two attached hydrogens (primary N) is 1. The Kier molecular flexibility index (Phi) is 5.77. The first-order valence-electron chi connectivity index (χ1n) is 6.37. The van der Waals surface area contributed by atoms with E-state index in [-0.39, 0.29) is 29.3 Å². The molecule has 0 aliphatic heterocycles. The molecule has 0 fully saturated rings. The molecule has 0 heterocycles. The van der Waals surface area contributed by atoms with Gasteiger partial charge in [0.05, 0.1) is 4.90 Å². The number of nitrogen functional groups attached to an aromatic ring is 1. The van der Waals surface area contributed by atoms with Gasteiger partial charge in [-0.05, 0) is 54.9 Å². The Hall–Kier alpha value is -1.12. The van der Waals surface area contributed by atoms with Crippen molar-refractivity contribution in [3.05, 3.63) is 22.7 Å². The number of anilines is 1. The number of benzene rings is 1. The predicted octanol–water partition coefficient (Wildman–Crippen LogP) is 1.61. The van der Waals surface area contributed by atoms with Crippen LogP contribution in [0.3, 0.4) is 0 Å². The Balaban J connectivity index is 2.61. The highest BCUT2D eigenvalue weighted by molar-refractivity contribution is 9.10. The maximum absolute atomic E-state index is 12.0. The van der Waals surface area contributed by atoms with E-state index in [1.165, 1.54) is 12.1 Å². The monoisotopic (exact) mass is 377 g/mol. The molecule has 4 N–H and O–H groups in total. The lowest BCUT2D eigenvalue weighted by atomic mass is 10.1. The van der Waals surface area contributed by atoms with Gasteiger partial charge in [0.2, 0.25) is 15.9 Å². The molecule has 0 aromatic heterocycles. The van der Waals surface area contributed by atoms with Gasteiger partial charge >= 0.3 is 0 Å². The molecule has 118 valence electrons. The molecule has 0 aliphatic rings. The molecule has 6 nitrogen and oxygen atoms in total. The molecule has 1 rings (SSSR count). The number of amides is 1. The van der Waals surface area contributed by atoms with Crippen molar-refractivity contribution < 1.29 is 13.2 Å². The minimum absolute atomic E-state index is 0.0280. The molecule has 0 spiro atoms. The molecule has 0 radical (unpaired) electrons. The van der Waals surface area contributed by atoms with Gasteiger partial charge < -0.3 is 11.1 Å². The fourth-order valence-corrected chi connectivity index (χ4v) is 2.87. The second-order valence-electron chi connectivity index (χ2n) is 5.63. The Morgan fingerprint density at radius 2 is 1.95 bits per heavy atom. The van der Waals surface area contributed by atoms with Crippen LogP contribution in [-0.2, 0) is 14.8 Å². The van der Waals surface area contributed by atoms with Crippen LogP contribution in [0, 0.1) is 0 Å². The van der Waals surface area contributed by atoms with E-state index in [9.17, 15) is 13.2 Å². The summed E-state index contributed by atoms with van der Waals surface area (Å²) in [4.78, 5) is 11.7. The largest absolute Gasteiger partial charge is 0.398 e. The molecule has 0 aliphatic carbocycles. The van der Waals surface area contributed by atoms with Gasteiger partial charge in [-0.2, -0.15) is 0 Å².